The second kappa shape index (κ2) is 7.24. The Morgan fingerprint density at radius 1 is 1.20 bits per heavy atom. The molecular weight excluding hydrogens is 186 g/mol. The van der Waals surface area contributed by atoms with Crippen LogP contribution in [0.5, 0.6) is 0 Å². The van der Waals surface area contributed by atoms with Crippen LogP contribution in [-0.4, -0.2) is 24.8 Å². The molecule has 0 aromatic carbocycles. The average Bonchev–Trinajstić information content (AvgIpc) is 2.11. The molecule has 15 heavy (non-hydrogen) atoms. The summed E-state index contributed by atoms with van der Waals surface area (Å²) < 4.78 is 5.76. The molecule has 0 fully saturated rings. The fourth-order valence-electron chi connectivity index (χ4n) is 1.81. The fraction of sp³-hybridized carbons (Fsp3) is 1.00. The highest BCUT2D eigenvalue weighted by Crippen LogP contribution is 2.16. The highest BCUT2D eigenvalue weighted by molar-refractivity contribution is 4.71. The third kappa shape index (κ3) is 7.80. The standard InChI is InChI=1S/C13H29NO/c1-7-12(11(3)14-8-2)9-10-15-13(4,5)6/h11-12,14H,7-10H2,1-6H3. The lowest BCUT2D eigenvalue weighted by molar-refractivity contribution is -0.0110. The van der Waals surface area contributed by atoms with Gasteiger partial charge >= 0.3 is 0 Å². The Kier molecular flexibility index (Phi) is 7.20. The molecule has 2 atom stereocenters. The molecule has 0 aliphatic heterocycles. The molecule has 0 amide bonds. The van der Waals surface area contributed by atoms with Crippen LogP contribution in [0.1, 0.15) is 54.4 Å². The number of hydrogen-bond donors (Lipinski definition) is 1. The molecule has 2 unspecified atom stereocenters. The molecule has 0 aromatic heterocycles. The van der Waals surface area contributed by atoms with Gasteiger partial charge in [-0.1, -0.05) is 20.3 Å². The van der Waals surface area contributed by atoms with Crippen LogP contribution in [0.4, 0.5) is 0 Å². The smallest absolute Gasteiger partial charge is 0.0598 e. The van der Waals surface area contributed by atoms with Crippen molar-refractivity contribution in [1.29, 1.82) is 0 Å². The Morgan fingerprint density at radius 3 is 2.20 bits per heavy atom. The van der Waals surface area contributed by atoms with Crippen molar-refractivity contribution in [2.75, 3.05) is 13.2 Å². The van der Waals surface area contributed by atoms with Gasteiger partial charge in [0.2, 0.25) is 0 Å². The van der Waals surface area contributed by atoms with E-state index in [2.05, 4.69) is 46.9 Å². The summed E-state index contributed by atoms with van der Waals surface area (Å²) in [6.45, 7) is 15.0. The molecule has 0 spiro atoms. The summed E-state index contributed by atoms with van der Waals surface area (Å²) in [5.41, 5.74) is -0.000283. The van der Waals surface area contributed by atoms with Crippen LogP contribution in [0.3, 0.4) is 0 Å². The van der Waals surface area contributed by atoms with E-state index in [0.29, 0.717) is 6.04 Å². The highest BCUT2D eigenvalue weighted by Gasteiger charge is 2.16. The molecule has 0 bridgehead atoms. The molecule has 0 aromatic rings. The van der Waals surface area contributed by atoms with Crippen LogP contribution in [0.25, 0.3) is 0 Å². The minimum atomic E-state index is -0.000283. The van der Waals surface area contributed by atoms with Crippen molar-refractivity contribution >= 4 is 0 Å². The lowest BCUT2D eigenvalue weighted by Gasteiger charge is -2.26. The molecule has 0 aliphatic carbocycles. The van der Waals surface area contributed by atoms with E-state index < -0.39 is 0 Å². The summed E-state index contributed by atoms with van der Waals surface area (Å²) in [4.78, 5) is 0. The van der Waals surface area contributed by atoms with Gasteiger partial charge in [-0.3, -0.25) is 0 Å². The van der Waals surface area contributed by atoms with Crippen molar-refractivity contribution in [3.05, 3.63) is 0 Å². The van der Waals surface area contributed by atoms with Crippen molar-refractivity contribution in [3.8, 4) is 0 Å². The van der Waals surface area contributed by atoms with Crippen LogP contribution >= 0.6 is 0 Å². The Morgan fingerprint density at radius 2 is 1.80 bits per heavy atom. The number of rotatable bonds is 7. The Hall–Kier alpha value is -0.0800. The predicted molar refractivity (Wildman–Crippen MR) is 67.2 cm³/mol. The number of ether oxygens (including phenoxy) is 1. The summed E-state index contributed by atoms with van der Waals surface area (Å²) in [7, 11) is 0. The summed E-state index contributed by atoms with van der Waals surface area (Å²) in [6, 6.07) is 0.601. The maximum absolute atomic E-state index is 5.76. The van der Waals surface area contributed by atoms with E-state index in [1.54, 1.807) is 0 Å². The minimum absolute atomic E-state index is 0.000283. The van der Waals surface area contributed by atoms with Crippen molar-refractivity contribution < 1.29 is 4.74 Å². The summed E-state index contributed by atoms with van der Waals surface area (Å²) in [6.07, 6.45) is 2.38. The van der Waals surface area contributed by atoms with Crippen LogP contribution in [0.2, 0.25) is 0 Å². The topological polar surface area (TPSA) is 21.3 Å². The van der Waals surface area contributed by atoms with Gasteiger partial charge in [0.1, 0.15) is 0 Å². The van der Waals surface area contributed by atoms with E-state index in [0.717, 1.165) is 25.5 Å². The summed E-state index contributed by atoms with van der Waals surface area (Å²) in [5.74, 6) is 0.729. The zero-order chi connectivity index (χ0) is 11.9. The van der Waals surface area contributed by atoms with E-state index in [1.165, 1.54) is 6.42 Å². The van der Waals surface area contributed by atoms with Gasteiger partial charge in [-0.2, -0.15) is 0 Å². The predicted octanol–water partition coefficient (Wildman–Crippen LogP) is 3.22. The average molecular weight is 215 g/mol. The molecule has 0 aliphatic rings. The van der Waals surface area contributed by atoms with E-state index >= 15 is 0 Å². The van der Waals surface area contributed by atoms with E-state index in [9.17, 15) is 0 Å². The van der Waals surface area contributed by atoms with Crippen LogP contribution in [0.15, 0.2) is 0 Å². The molecule has 0 radical (unpaired) electrons. The van der Waals surface area contributed by atoms with Crippen molar-refractivity contribution in [2.45, 2.75) is 66.0 Å². The van der Waals surface area contributed by atoms with Gasteiger partial charge in [0.25, 0.3) is 0 Å². The molecule has 2 nitrogen and oxygen atoms in total. The lowest BCUT2D eigenvalue weighted by atomic mass is 9.95. The van der Waals surface area contributed by atoms with Gasteiger partial charge in [0, 0.05) is 12.6 Å². The molecular formula is C13H29NO. The van der Waals surface area contributed by atoms with Crippen LogP contribution in [-0.2, 0) is 4.74 Å². The largest absolute Gasteiger partial charge is 0.376 e. The van der Waals surface area contributed by atoms with Crippen LogP contribution < -0.4 is 5.32 Å². The van der Waals surface area contributed by atoms with E-state index in [-0.39, 0.29) is 5.60 Å². The first-order valence-electron chi connectivity index (χ1n) is 6.28. The van der Waals surface area contributed by atoms with Crippen LogP contribution in [0, 0.1) is 5.92 Å². The molecule has 1 N–H and O–H groups in total. The van der Waals surface area contributed by atoms with E-state index in [1.807, 2.05) is 0 Å². The maximum Gasteiger partial charge on any atom is 0.0598 e. The molecule has 92 valence electrons. The van der Waals surface area contributed by atoms with Gasteiger partial charge in [0.05, 0.1) is 5.60 Å². The second-order valence-electron chi connectivity index (χ2n) is 5.26. The van der Waals surface area contributed by atoms with Gasteiger partial charge < -0.3 is 10.1 Å². The fourth-order valence-corrected chi connectivity index (χ4v) is 1.81. The van der Waals surface area contributed by atoms with Crippen molar-refractivity contribution in [1.82, 2.24) is 5.32 Å². The van der Waals surface area contributed by atoms with E-state index in [4.69, 9.17) is 4.74 Å². The Bertz CT molecular complexity index is 151. The number of hydrogen-bond acceptors (Lipinski definition) is 2. The zero-order valence-corrected chi connectivity index (χ0v) is 11.4. The van der Waals surface area contributed by atoms with Gasteiger partial charge in [-0.25, -0.2) is 0 Å². The van der Waals surface area contributed by atoms with Gasteiger partial charge in [-0.15, -0.1) is 0 Å². The first-order valence-corrected chi connectivity index (χ1v) is 6.28. The van der Waals surface area contributed by atoms with Gasteiger partial charge in [-0.05, 0) is 46.6 Å². The molecule has 0 rings (SSSR count). The monoisotopic (exact) mass is 215 g/mol. The second-order valence-corrected chi connectivity index (χ2v) is 5.26. The quantitative estimate of drug-likeness (QED) is 0.704. The maximum atomic E-state index is 5.76. The summed E-state index contributed by atoms with van der Waals surface area (Å²) >= 11 is 0. The minimum Gasteiger partial charge on any atom is -0.376 e. The molecule has 2 heteroatoms. The summed E-state index contributed by atoms with van der Waals surface area (Å²) in [5, 5.41) is 3.49. The first kappa shape index (κ1) is 14.9. The molecule has 0 saturated heterocycles. The zero-order valence-electron chi connectivity index (χ0n) is 11.4. The Balaban J connectivity index is 3.80. The van der Waals surface area contributed by atoms with Crippen molar-refractivity contribution in [2.24, 2.45) is 5.92 Å². The highest BCUT2D eigenvalue weighted by atomic mass is 16.5. The third-order valence-electron chi connectivity index (χ3n) is 2.78. The molecule has 0 saturated carbocycles. The molecule has 0 heterocycles. The lowest BCUT2D eigenvalue weighted by Crippen LogP contribution is -2.34. The third-order valence-corrected chi connectivity index (χ3v) is 2.78. The first-order chi connectivity index (χ1) is 6.90. The Labute approximate surface area is 95.8 Å². The van der Waals surface area contributed by atoms with Gasteiger partial charge in [0.15, 0.2) is 0 Å². The SMILES string of the molecule is CCNC(C)C(CC)CCOC(C)(C)C. The van der Waals surface area contributed by atoms with Crippen molar-refractivity contribution in [3.63, 3.8) is 0 Å². The number of nitrogens with one attached hydrogen (secondary N) is 1. The normalized spacial score (nSPS) is 16.4.